The first kappa shape index (κ1) is 28.2. The van der Waals surface area contributed by atoms with E-state index in [9.17, 15) is 5.11 Å². The predicted octanol–water partition coefficient (Wildman–Crippen LogP) is 8.31. The molecule has 0 bridgehead atoms. The van der Waals surface area contributed by atoms with Crippen molar-refractivity contribution in [1.82, 2.24) is 0 Å². The smallest absolute Gasteiger partial charge is 0.122 e. The minimum absolute atomic E-state index is 0.243. The molecule has 34 heavy (non-hydrogen) atoms. The van der Waals surface area contributed by atoms with Crippen molar-refractivity contribution in [3.63, 3.8) is 0 Å². The van der Waals surface area contributed by atoms with Gasteiger partial charge in [-0.2, -0.15) is 0 Å². The quantitative estimate of drug-likeness (QED) is 0.199. The van der Waals surface area contributed by atoms with Gasteiger partial charge in [-0.15, -0.1) is 0 Å². The Kier molecular flexibility index (Phi) is 15.2. The molecule has 2 aromatic carbocycles. The molecule has 3 heteroatoms. The first-order valence-electron chi connectivity index (χ1n) is 13.8. The topological polar surface area (TPSA) is 38.7 Å². The molecule has 0 spiro atoms. The van der Waals surface area contributed by atoms with Crippen LogP contribution >= 0.6 is 0 Å². The lowest BCUT2D eigenvalue weighted by molar-refractivity contribution is 0.0619. The van der Waals surface area contributed by atoms with E-state index in [1.807, 2.05) is 24.3 Å². The molecule has 0 aromatic heterocycles. The Morgan fingerprint density at radius 2 is 0.941 bits per heavy atom. The number of rotatable bonds is 20. The first-order chi connectivity index (χ1) is 16.7. The second kappa shape index (κ2) is 18.3. The van der Waals surface area contributed by atoms with Crippen molar-refractivity contribution in [3.05, 3.63) is 59.7 Å². The number of hydrogen-bond donors (Lipinski definition) is 1. The molecule has 2 aromatic rings. The highest BCUT2D eigenvalue weighted by atomic mass is 16.5. The monoisotopic (exact) mass is 468 g/mol. The maximum absolute atomic E-state index is 10.5. The lowest BCUT2D eigenvalue weighted by Gasteiger charge is -2.17. The first-order valence-corrected chi connectivity index (χ1v) is 13.8. The average Bonchev–Trinajstić information content (AvgIpc) is 2.87. The lowest BCUT2D eigenvalue weighted by Crippen LogP contribution is -2.25. The van der Waals surface area contributed by atoms with E-state index >= 15 is 0 Å². The Hall–Kier alpha value is -2.00. The standard InChI is InChI=1S/C31H48O3/c1-3-5-7-9-11-13-19-27-21-15-17-23-30(27)33-25-29(32)26-34-31-24-18-16-22-28(31)20-14-12-10-8-6-4-2/h15-18,21-24,29,32H,3-14,19-20,25-26H2,1-2H3. The van der Waals surface area contributed by atoms with Gasteiger partial charge in [0.25, 0.3) is 0 Å². The van der Waals surface area contributed by atoms with E-state index in [1.165, 1.54) is 88.2 Å². The van der Waals surface area contributed by atoms with Gasteiger partial charge in [0, 0.05) is 0 Å². The van der Waals surface area contributed by atoms with Crippen LogP contribution in [0.15, 0.2) is 48.5 Å². The minimum atomic E-state index is -0.663. The fraction of sp³-hybridized carbons (Fsp3) is 0.613. The number of aliphatic hydroxyl groups is 1. The summed E-state index contributed by atoms with van der Waals surface area (Å²) in [4.78, 5) is 0. The van der Waals surface area contributed by atoms with Crippen LogP contribution in [0, 0.1) is 0 Å². The molecule has 0 aliphatic heterocycles. The molecule has 0 saturated carbocycles. The van der Waals surface area contributed by atoms with Gasteiger partial charge in [0.2, 0.25) is 0 Å². The summed E-state index contributed by atoms with van der Waals surface area (Å²) in [5.74, 6) is 1.78. The SMILES string of the molecule is CCCCCCCCc1ccccc1OCC(O)COc1ccccc1CCCCCCCC. The summed E-state index contributed by atoms with van der Waals surface area (Å²) in [6.07, 6.45) is 16.8. The Morgan fingerprint density at radius 3 is 1.38 bits per heavy atom. The third-order valence-electron chi connectivity index (χ3n) is 6.41. The fourth-order valence-corrected chi connectivity index (χ4v) is 4.31. The highest BCUT2D eigenvalue weighted by molar-refractivity contribution is 5.34. The average molecular weight is 469 g/mol. The number of hydrogen-bond acceptors (Lipinski definition) is 3. The van der Waals surface area contributed by atoms with Crippen LogP contribution in [0.1, 0.15) is 102 Å². The zero-order valence-corrected chi connectivity index (χ0v) is 21.8. The van der Waals surface area contributed by atoms with Crippen LogP contribution in [0.3, 0.4) is 0 Å². The van der Waals surface area contributed by atoms with E-state index in [0.717, 1.165) is 24.3 Å². The molecule has 0 radical (unpaired) electrons. The number of aliphatic hydroxyl groups excluding tert-OH is 1. The van der Waals surface area contributed by atoms with Gasteiger partial charge >= 0.3 is 0 Å². The van der Waals surface area contributed by atoms with Gasteiger partial charge < -0.3 is 14.6 Å². The summed E-state index contributed by atoms with van der Waals surface area (Å²) in [6, 6.07) is 16.4. The molecular formula is C31H48O3. The van der Waals surface area contributed by atoms with Crippen molar-refractivity contribution in [2.75, 3.05) is 13.2 Å². The van der Waals surface area contributed by atoms with Gasteiger partial charge in [-0.05, 0) is 48.9 Å². The molecule has 1 N–H and O–H groups in total. The van der Waals surface area contributed by atoms with Gasteiger partial charge in [-0.3, -0.25) is 0 Å². The van der Waals surface area contributed by atoms with Crippen molar-refractivity contribution in [3.8, 4) is 11.5 Å². The highest BCUT2D eigenvalue weighted by Gasteiger charge is 2.11. The van der Waals surface area contributed by atoms with Gasteiger partial charge in [0.1, 0.15) is 30.8 Å². The summed E-state index contributed by atoms with van der Waals surface area (Å²) >= 11 is 0. The molecule has 0 saturated heterocycles. The Labute approximate surface area is 208 Å². The molecule has 0 amide bonds. The predicted molar refractivity (Wildman–Crippen MR) is 144 cm³/mol. The van der Waals surface area contributed by atoms with Crippen LogP contribution in [0.4, 0.5) is 0 Å². The number of aryl methyl sites for hydroxylation is 2. The van der Waals surface area contributed by atoms with Crippen molar-refractivity contribution >= 4 is 0 Å². The van der Waals surface area contributed by atoms with Gasteiger partial charge in [0.05, 0.1) is 0 Å². The van der Waals surface area contributed by atoms with Gasteiger partial charge in [0.15, 0.2) is 0 Å². The van der Waals surface area contributed by atoms with E-state index < -0.39 is 6.10 Å². The zero-order chi connectivity index (χ0) is 24.3. The number of ether oxygens (including phenoxy) is 2. The Balaban J connectivity index is 1.72. The maximum atomic E-state index is 10.5. The second-order valence-electron chi connectivity index (χ2n) is 9.53. The van der Waals surface area contributed by atoms with Crippen molar-refractivity contribution < 1.29 is 14.6 Å². The van der Waals surface area contributed by atoms with Crippen LogP contribution < -0.4 is 9.47 Å². The molecule has 0 unspecified atom stereocenters. The van der Waals surface area contributed by atoms with Crippen LogP contribution in [-0.4, -0.2) is 24.4 Å². The van der Waals surface area contributed by atoms with Crippen LogP contribution in [0.2, 0.25) is 0 Å². The normalized spacial score (nSPS) is 11.2. The maximum Gasteiger partial charge on any atom is 0.122 e. The second-order valence-corrected chi connectivity index (χ2v) is 9.53. The Morgan fingerprint density at radius 1 is 0.559 bits per heavy atom. The van der Waals surface area contributed by atoms with Gasteiger partial charge in [-0.1, -0.05) is 114 Å². The van der Waals surface area contributed by atoms with E-state index in [4.69, 9.17) is 9.47 Å². The molecular weight excluding hydrogens is 420 g/mol. The van der Waals surface area contributed by atoms with Crippen LogP contribution in [0.25, 0.3) is 0 Å². The van der Waals surface area contributed by atoms with Crippen molar-refractivity contribution in [2.24, 2.45) is 0 Å². The molecule has 190 valence electrons. The molecule has 2 rings (SSSR count). The van der Waals surface area contributed by atoms with E-state index in [0.29, 0.717) is 0 Å². The van der Waals surface area contributed by atoms with E-state index in [-0.39, 0.29) is 13.2 Å². The number of benzene rings is 2. The van der Waals surface area contributed by atoms with E-state index in [2.05, 4.69) is 38.1 Å². The van der Waals surface area contributed by atoms with Gasteiger partial charge in [-0.25, -0.2) is 0 Å². The highest BCUT2D eigenvalue weighted by Crippen LogP contribution is 2.23. The molecule has 3 nitrogen and oxygen atoms in total. The lowest BCUT2D eigenvalue weighted by atomic mass is 10.0. The van der Waals surface area contributed by atoms with Crippen LogP contribution in [-0.2, 0) is 12.8 Å². The molecule has 0 aliphatic carbocycles. The fourth-order valence-electron chi connectivity index (χ4n) is 4.31. The molecule has 0 heterocycles. The summed E-state index contributed by atoms with van der Waals surface area (Å²) in [6.45, 7) is 4.99. The molecule has 0 fully saturated rings. The number of para-hydroxylation sites is 2. The summed E-state index contributed by atoms with van der Waals surface area (Å²) in [5, 5.41) is 10.5. The van der Waals surface area contributed by atoms with Crippen molar-refractivity contribution in [2.45, 2.75) is 110 Å². The summed E-state index contributed by atoms with van der Waals surface area (Å²) in [5.41, 5.74) is 2.46. The summed E-state index contributed by atoms with van der Waals surface area (Å²) < 4.78 is 12.0. The zero-order valence-electron chi connectivity index (χ0n) is 21.8. The molecule has 0 aliphatic rings. The third kappa shape index (κ3) is 11.9. The minimum Gasteiger partial charge on any atom is -0.490 e. The molecule has 0 atom stereocenters. The third-order valence-corrected chi connectivity index (χ3v) is 6.41. The summed E-state index contributed by atoms with van der Waals surface area (Å²) in [7, 11) is 0. The largest absolute Gasteiger partial charge is 0.490 e. The van der Waals surface area contributed by atoms with E-state index in [1.54, 1.807) is 0 Å². The van der Waals surface area contributed by atoms with Crippen molar-refractivity contribution in [1.29, 1.82) is 0 Å². The van der Waals surface area contributed by atoms with Crippen LogP contribution in [0.5, 0.6) is 11.5 Å². The Bertz CT molecular complexity index is 694. The number of unbranched alkanes of at least 4 members (excludes halogenated alkanes) is 10.